The molecule has 0 aliphatic carbocycles. The van der Waals surface area contributed by atoms with E-state index in [9.17, 15) is 18.8 Å². The van der Waals surface area contributed by atoms with Gasteiger partial charge in [0.25, 0.3) is 11.5 Å². The fourth-order valence-corrected chi connectivity index (χ4v) is 4.93. The van der Waals surface area contributed by atoms with Gasteiger partial charge in [0.05, 0.1) is 5.02 Å². The van der Waals surface area contributed by atoms with Gasteiger partial charge in [0, 0.05) is 47.2 Å². The van der Waals surface area contributed by atoms with Crippen LogP contribution in [0.15, 0.2) is 47.4 Å². The molecule has 10 heteroatoms. The van der Waals surface area contributed by atoms with Crippen molar-refractivity contribution in [3.05, 3.63) is 85.5 Å². The number of nitrogens with one attached hydrogen (secondary N) is 2. The van der Waals surface area contributed by atoms with Gasteiger partial charge >= 0.3 is 0 Å². The lowest BCUT2D eigenvalue weighted by Gasteiger charge is -2.21. The number of aryl methyl sites for hydroxylation is 1. The van der Waals surface area contributed by atoms with Gasteiger partial charge in [-0.25, -0.2) is 4.39 Å². The maximum absolute atomic E-state index is 13.9. The van der Waals surface area contributed by atoms with Crippen LogP contribution in [-0.4, -0.2) is 23.3 Å². The second kappa shape index (κ2) is 10.7. The summed E-state index contributed by atoms with van der Waals surface area (Å²) in [7, 11) is 0. The van der Waals surface area contributed by atoms with Gasteiger partial charge in [-0.3, -0.25) is 14.4 Å². The van der Waals surface area contributed by atoms with Crippen LogP contribution in [0.4, 0.5) is 15.8 Å². The summed E-state index contributed by atoms with van der Waals surface area (Å²) in [5.41, 5.74) is 1.75. The first-order valence-electron chi connectivity index (χ1n) is 11.5. The topological polar surface area (TPSA) is 91.5 Å². The highest BCUT2D eigenvalue weighted by Crippen LogP contribution is 2.35. The number of hydrogen-bond donors (Lipinski definition) is 2. The number of nitrogens with zero attached hydrogens (tertiary/aromatic N) is 1. The number of ether oxygens (including phenoxy) is 1. The van der Waals surface area contributed by atoms with Crippen LogP contribution < -0.4 is 20.5 Å². The second-order valence-corrected chi connectivity index (χ2v) is 9.17. The average molecular weight is 532 g/mol. The highest BCUT2D eigenvalue weighted by Gasteiger charge is 2.22. The first kappa shape index (κ1) is 25.7. The molecule has 0 radical (unpaired) electrons. The Balaban J connectivity index is 1.55. The third-order valence-corrected chi connectivity index (χ3v) is 6.72. The number of rotatable bonds is 6. The average Bonchev–Trinajstić information content (AvgIpc) is 3.00. The molecule has 188 valence electrons. The van der Waals surface area contributed by atoms with E-state index in [0.717, 1.165) is 23.7 Å². The van der Waals surface area contributed by atoms with E-state index in [2.05, 4.69) is 10.3 Å². The number of amides is 2. The molecule has 0 saturated heterocycles. The minimum atomic E-state index is -0.767. The summed E-state index contributed by atoms with van der Waals surface area (Å²) in [6, 6.07) is 9.15. The third-order valence-electron chi connectivity index (χ3n) is 6.00. The summed E-state index contributed by atoms with van der Waals surface area (Å²) in [4.78, 5) is 41.9. The van der Waals surface area contributed by atoms with Gasteiger partial charge < -0.3 is 19.9 Å². The molecule has 3 aromatic rings. The normalized spacial score (nSPS) is 14.1. The van der Waals surface area contributed by atoms with Crippen LogP contribution in [0, 0.1) is 5.82 Å². The number of benzene rings is 2. The molecule has 0 bridgehead atoms. The van der Waals surface area contributed by atoms with Crippen LogP contribution in [-0.2, 0) is 11.2 Å². The van der Waals surface area contributed by atoms with Gasteiger partial charge in [-0.2, -0.15) is 0 Å². The minimum absolute atomic E-state index is 0.0754. The molecule has 36 heavy (non-hydrogen) atoms. The van der Waals surface area contributed by atoms with E-state index in [1.165, 1.54) is 18.3 Å². The van der Waals surface area contributed by atoms with Crippen molar-refractivity contribution in [2.45, 2.75) is 39.2 Å². The second-order valence-electron chi connectivity index (χ2n) is 8.38. The molecule has 1 aliphatic rings. The maximum Gasteiger partial charge on any atom is 0.261 e. The van der Waals surface area contributed by atoms with E-state index in [1.807, 2.05) is 13.0 Å². The summed E-state index contributed by atoms with van der Waals surface area (Å²) in [5, 5.41) is 2.80. The first-order valence-corrected chi connectivity index (χ1v) is 12.2. The van der Waals surface area contributed by atoms with Crippen molar-refractivity contribution in [1.29, 1.82) is 0 Å². The van der Waals surface area contributed by atoms with Gasteiger partial charge in [-0.15, -0.1) is 0 Å². The first-order chi connectivity index (χ1) is 17.2. The molecule has 0 fully saturated rings. The fourth-order valence-electron chi connectivity index (χ4n) is 4.25. The molecule has 1 atom stereocenters. The summed E-state index contributed by atoms with van der Waals surface area (Å²) in [5.74, 6) is -1.03. The van der Waals surface area contributed by atoms with Crippen LogP contribution in [0.5, 0.6) is 5.75 Å². The molecular weight excluding hydrogens is 508 g/mol. The van der Waals surface area contributed by atoms with Crippen molar-refractivity contribution in [1.82, 2.24) is 4.98 Å². The monoisotopic (exact) mass is 531 g/mol. The molecule has 4 rings (SSSR count). The largest absolute Gasteiger partial charge is 0.484 e. The summed E-state index contributed by atoms with van der Waals surface area (Å²) < 4.78 is 19.7. The Kier molecular flexibility index (Phi) is 7.66. The highest BCUT2D eigenvalue weighted by molar-refractivity contribution is 6.36. The molecule has 1 aliphatic heterocycles. The Bertz CT molecular complexity index is 1390. The Hall–Kier alpha value is -3.36. The zero-order valence-corrected chi connectivity index (χ0v) is 21.2. The van der Waals surface area contributed by atoms with Crippen LogP contribution in [0.1, 0.15) is 54.3 Å². The predicted molar refractivity (Wildman–Crippen MR) is 138 cm³/mol. The van der Waals surface area contributed by atoms with E-state index < -0.39 is 23.4 Å². The van der Waals surface area contributed by atoms with Gasteiger partial charge in [-0.1, -0.05) is 23.2 Å². The Morgan fingerprint density at radius 3 is 2.72 bits per heavy atom. The lowest BCUT2D eigenvalue weighted by atomic mass is 10.1. The lowest BCUT2D eigenvalue weighted by Crippen LogP contribution is -2.29. The van der Waals surface area contributed by atoms with Crippen molar-refractivity contribution in [3.8, 4) is 5.75 Å². The number of aromatic amines is 1. The Labute approximate surface area is 217 Å². The quantitative estimate of drug-likeness (QED) is 0.387. The summed E-state index contributed by atoms with van der Waals surface area (Å²) >= 11 is 12.2. The van der Waals surface area contributed by atoms with Crippen LogP contribution in [0.25, 0.3) is 0 Å². The zero-order chi connectivity index (χ0) is 26.0. The number of carbonyl (C=O) groups excluding carboxylic acids is 2. The highest BCUT2D eigenvalue weighted by atomic mass is 35.5. The van der Waals surface area contributed by atoms with Gasteiger partial charge in [0.2, 0.25) is 5.91 Å². The number of carbonyl (C=O) groups is 2. The van der Waals surface area contributed by atoms with E-state index >= 15 is 0 Å². The van der Waals surface area contributed by atoms with Crippen LogP contribution in [0.3, 0.4) is 0 Å². The van der Waals surface area contributed by atoms with Crippen molar-refractivity contribution >= 4 is 46.4 Å². The zero-order valence-electron chi connectivity index (χ0n) is 19.7. The molecule has 0 unspecified atom stereocenters. The standard InChI is InChI=1S/C26H24Cl2FN3O4/c1-3-32-21-10-7-16(11-15(21)5-4-6-22(32)33)31-26(35)18-12-17(13-30-25(18)34)36-14(2)23-19(27)8-9-20(29)24(23)28/h7-14H,3-6H2,1-2H3,(H,30,34)(H,31,35)/t14-/m1/s1. The minimum Gasteiger partial charge on any atom is -0.484 e. The van der Waals surface area contributed by atoms with Gasteiger partial charge in [0.1, 0.15) is 23.2 Å². The smallest absolute Gasteiger partial charge is 0.261 e. The van der Waals surface area contributed by atoms with Crippen molar-refractivity contribution < 1.29 is 18.7 Å². The third kappa shape index (κ3) is 5.24. The van der Waals surface area contributed by atoms with E-state index in [4.69, 9.17) is 27.9 Å². The van der Waals surface area contributed by atoms with E-state index in [1.54, 1.807) is 24.0 Å². The van der Waals surface area contributed by atoms with Crippen LogP contribution >= 0.6 is 23.2 Å². The molecule has 2 amide bonds. The summed E-state index contributed by atoms with van der Waals surface area (Å²) in [6.07, 6.45) is 2.42. The number of anilines is 2. The lowest BCUT2D eigenvalue weighted by molar-refractivity contribution is -0.118. The number of H-pyrrole nitrogens is 1. The number of fused-ring (bicyclic) bond motifs is 1. The molecule has 2 N–H and O–H groups in total. The van der Waals surface area contributed by atoms with Gasteiger partial charge in [0.15, 0.2) is 0 Å². The molecule has 0 spiro atoms. The van der Waals surface area contributed by atoms with Crippen molar-refractivity contribution in [2.75, 3.05) is 16.8 Å². The fraction of sp³-hybridized carbons (Fsp3) is 0.269. The van der Waals surface area contributed by atoms with Gasteiger partial charge in [-0.05, 0) is 62.6 Å². The Morgan fingerprint density at radius 1 is 1.19 bits per heavy atom. The number of aromatic nitrogens is 1. The van der Waals surface area contributed by atoms with Crippen molar-refractivity contribution in [3.63, 3.8) is 0 Å². The SMILES string of the molecule is CCN1C(=O)CCCc2cc(NC(=O)c3cc(O[C@H](C)c4c(Cl)ccc(F)c4Cl)c[nH]c3=O)ccc21. The molecular formula is C26H24Cl2FN3O4. The van der Waals surface area contributed by atoms with Crippen LogP contribution in [0.2, 0.25) is 10.0 Å². The molecule has 2 heterocycles. The van der Waals surface area contributed by atoms with E-state index in [-0.39, 0.29) is 32.8 Å². The molecule has 0 saturated carbocycles. The molecule has 7 nitrogen and oxygen atoms in total. The number of halogens is 3. The van der Waals surface area contributed by atoms with Crippen molar-refractivity contribution in [2.24, 2.45) is 0 Å². The summed E-state index contributed by atoms with van der Waals surface area (Å²) in [6.45, 7) is 4.10. The Morgan fingerprint density at radius 2 is 1.97 bits per heavy atom. The molecule has 1 aromatic heterocycles. The predicted octanol–water partition coefficient (Wildman–Crippen LogP) is 5.90. The number of hydrogen-bond acceptors (Lipinski definition) is 4. The maximum atomic E-state index is 13.9. The number of pyridine rings is 1. The molecule has 2 aromatic carbocycles. The van der Waals surface area contributed by atoms with E-state index in [0.29, 0.717) is 25.1 Å².